The van der Waals surface area contributed by atoms with Gasteiger partial charge in [-0.2, -0.15) is 0 Å². The Morgan fingerprint density at radius 2 is 1.15 bits per heavy atom. The highest BCUT2D eigenvalue weighted by atomic mass is 16.6. The summed E-state index contributed by atoms with van der Waals surface area (Å²) in [5.41, 5.74) is 1.19. The van der Waals surface area contributed by atoms with Crippen LogP contribution in [-0.4, -0.2) is 70.0 Å². The van der Waals surface area contributed by atoms with Crippen LogP contribution in [0, 0.1) is 0 Å². The summed E-state index contributed by atoms with van der Waals surface area (Å²) in [5, 5.41) is 9.88. The Balaban J connectivity index is 2.67. The normalized spacial score (nSPS) is 14.6. The lowest BCUT2D eigenvalue weighted by Gasteiger charge is -2.37. The fraction of sp³-hybridized carbons (Fsp3) is 0.455. The quantitative estimate of drug-likeness (QED) is 0.328. The van der Waals surface area contributed by atoms with Crippen LogP contribution in [0.2, 0.25) is 0 Å². The van der Waals surface area contributed by atoms with Crippen molar-refractivity contribution in [1.82, 2.24) is 9.97 Å². The van der Waals surface area contributed by atoms with Gasteiger partial charge in [0.25, 0.3) is 0 Å². The number of aliphatic hydroxyl groups excluding tert-OH is 1. The zero-order valence-corrected chi connectivity index (χ0v) is 18.8. The number of aromatic nitrogens is 2. The summed E-state index contributed by atoms with van der Waals surface area (Å²) >= 11 is 0. The van der Waals surface area contributed by atoms with Gasteiger partial charge in [-0.15, -0.1) is 0 Å². The molecule has 0 aliphatic heterocycles. The number of carbonyl (C=O) groups excluding carboxylic acids is 4. The van der Waals surface area contributed by atoms with Gasteiger partial charge in [0.05, 0.1) is 12.5 Å². The average Bonchev–Trinajstić information content (AvgIpc) is 3.42. The molecule has 2 aromatic heterocycles. The summed E-state index contributed by atoms with van der Waals surface area (Å²) < 4.78 is 21.6. The van der Waals surface area contributed by atoms with Crippen LogP contribution in [0.3, 0.4) is 0 Å². The van der Waals surface area contributed by atoms with Crippen LogP contribution in [0.4, 0.5) is 0 Å². The Kier molecular flexibility index (Phi) is 9.22. The highest BCUT2D eigenvalue weighted by molar-refractivity contribution is 5.69. The fourth-order valence-electron chi connectivity index (χ4n) is 3.59. The van der Waals surface area contributed by atoms with Gasteiger partial charge in [-0.1, -0.05) is 0 Å². The van der Waals surface area contributed by atoms with Gasteiger partial charge in [0, 0.05) is 51.5 Å². The van der Waals surface area contributed by atoms with Crippen LogP contribution in [-0.2, 0) is 38.1 Å². The fourth-order valence-corrected chi connectivity index (χ4v) is 3.59. The van der Waals surface area contributed by atoms with E-state index in [1.807, 2.05) is 0 Å². The average molecular weight is 464 g/mol. The van der Waals surface area contributed by atoms with Crippen molar-refractivity contribution < 1.29 is 43.2 Å². The third kappa shape index (κ3) is 7.21. The Labute approximate surface area is 190 Å². The van der Waals surface area contributed by atoms with E-state index < -0.39 is 60.8 Å². The number of esters is 4. The second-order valence-electron chi connectivity index (χ2n) is 7.28. The second-order valence-corrected chi connectivity index (χ2v) is 7.28. The predicted octanol–water partition coefficient (Wildman–Crippen LogP) is 1.19. The van der Waals surface area contributed by atoms with Crippen molar-refractivity contribution in [3.8, 4) is 0 Å². The standard InChI is InChI=1S/C22H28N2O9/c1-12(26)30-18(11-25)20(31-13(2)27)22(33-15(4)29)21(32-14(3)28)19(16-7-5-9-23-16)17-8-6-10-24-17/h5-10,18-25H,11H2,1-4H3/t18-,20-,21+,22+/m1/s1. The Morgan fingerprint density at radius 3 is 1.52 bits per heavy atom. The molecule has 4 atom stereocenters. The van der Waals surface area contributed by atoms with Crippen molar-refractivity contribution in [1.29, 1.82) is 0 Å². The number of hydrogen-bond acceptors (Lipinski definition) is 9. The number of rotatable bonds is 11. The molecule has 0 fully saturated rings. The van der Waals surface area contributed by atoms with E-state index in [0.29, 0.717) is 11.4 Å². The van der Waals surface area contributed by atoms with Crippen LogP contribution >= 0.6 is 0 Å². The van der Waals surface area contributed by atoms with Crippen molar-refractivity contribution in [2.45, 2.75) is 58.0 Å². The van der Waals surface area contributed by atoms with Gasteiger partial charge in [0.2, 0.25) is 0 Å². The van der Waals surface area contributed by atoms with Crippen molar-refractivity contribution in [2.75, 3.05) is 6.61 Å². The molecule has 11 nitrogen and oxygen atoms in total. The number of hydrogen-bond donors (Lipinski definition) is 3. The van der Waals surface area contributed by atoms with Crippen molar-refractivity contribution in [3.05, 3.63) is 48.0 Å². The smallest absolute Gasteiger partial charge is 0.303 e. The van der Waals surface area contributed by atoms with E-state index in [1.54, 1.807) is 36.7 Å². The lowest BCUT2D eigenvalue weighted by Crippen LogP contribution is -2.54. The maximum Gasteiger partial charge on any atom is 0.303 e. The molecule has 11 heteroatoms. The number of aliphatic hydroxyl groups is 1. The Morgan fingerprint density at radius 1 is 0.727 bits per heavy atom. The maximum absolute atomic E-state index is 12.1. The SMILES string of the molecule is CC(=O)O[C@@H]([C@H](OC(C)=O)[C@@H](OC(C)=O)C(c1ccc[nH]1)c1ccc[nH]1)[C@@H](CO)OC(C)=O. The molecule has 0 spiro atoms. The first-order valence-corrected chi connectivity index (χ1v) is 10.2. The first kappa shape index (κ1) is 25.7. The molecule has 0 aromatic carbocycles. The van der Waals surface area contributed by atoms with Gasteiger partial charge < -0.3 is 34.0 Å². The van der Waals surface area contributed by atoms with E-state index in [2.05, 4.69) is 9.97 Å². The largest absolute Gasteiger partial charge is 0.457 e. The third-order valence-corrected chi connectivity index (χ3v) is 4.66. The van der Waals surface area contributed by atoms with Gasteiger partial charge >= 0.3 is 23.9 Å². The third-order valence-electron chi connectivity index (χ3n) is 4.66. The molecule has 0 amide bonds. The van der Waals surface area contributed by atoms with E-state index in [1.165, 1.54) is 6.92 Å². The topological polar surface area (TPSA) is 157 Å². The van der Waals surface area contributed by atoms with Gasteiger partial charge in [0.15, 0.2) is 24.4 Å². The molecular weight excluding hydrogens is 436 g/mol. The summed E-state index contributed by atoms with van der Waals surface area (Å²) in [5.74, 6) is -3.76. The lowest BCUT2D eigenvalue weighted by atomic mass is 9.87. The van der Waals surface area contributed by atoms with Crippen LogP contribution < -0.4 is 0 Å². The number of ether oxygens (including phenoxy) is 4. The van der Waals surface area contributed by atoms with Gasteiger partial charge in [-0.25, -0.2) is 0 Å². The monoisotopic (exact) mass is 464 g/mol. The number of aromatic amines is 2. The summed E-state index contributed by atoms with van der Waals surface area (Å²) in [7, 11) is 0. The first-order chi connectivity index (χ1) is 15.6. The number of carbonyl (C=O) groups is 4. The summed E-state index contributed by atoms with van der Waals surface area (Å²) in [6, 6.07) is 6.94. The summed E-state index contributed by atoms with van der Waals surface area (Å²) in [6.45, 7) is 3.76. The van der Waals surface area contributed by atoms with Crippen LogP contribution in [0.25, 0.3) is 0 Å². The molecule has 3 N–H and O–H groups in total. The zero-order chi connectivity index (χ0) is 24.5. The molecule has 0 aliphatic rings. The van der Waals surface area contributed by atoms with Gasteiger partial charge in [0.1, 0.15) is 0 Å². The highest BCUT2D eigenvalue weighted by Crippen LogP contribution is 2.34. The van der Waals surface area contributed by atoms with Gasteiger partial charge in [-0.05, 0) is 24.3 Å². The highest BCUT2D eigenvalue weighted by Gasteiger charge is 2.47. The summed E-state index contributed by atoms with van der Waals surface area (Å²) in [4.78, 5) is 53.8. The molecule has 0 radical (unpaired) electrons. The van der Waals surface area contributed by atoms with E-state index in [4.69, 9.17) is 18.9 Å². The van der Waals surface area contributed by atoms with Crippen LogP contribution in [0.1, 0.15) is 45.0 Å². The van der Waals surface area contributed by atoms with E-state index in [-0.39, 0.29) is 0 Å². The van der Waals surface area contributed by atoms with Gasteiger partial charge in [-0.3, -0.25) is 19.2 Å². The second kappa shape index (κ2) is 11.9. The minimum Gasteiger partial charge on any atom is -0.457 e. The van der Waals surface area contributed by atoms with Crippen molar-refractivity contribution >= 4 is 23.9 Å². The molecule has 2 heterocycles. The lowest BCUT2D eigenvalue weighted by molar-refractivity contribution is -0.202. The van der Waals surface area contributed by atoms with Crippen LogP contribution in [0.5, 0.6) is 0 Å². The molecule has 0 saturated heterocycles. The zero-order valence-electron chi connectivity index (χ0n) is 18.8. The minimum absolute atomic E-state index is 0.593. The predicted molar refractivity (Wildman–Crippen MR) is 113 cm³/mol. The van der Waals surface area contributed by atoms with E-state index >= 15 is 0 Å². The summed E-state index contributed by atoms with van der Waals surface area (Å²) in [6.07, 6.45) is -2.27. The molecule has 0 bridgehead atoms. The molecule has 2 rings (SSSR count). The van der Waals surface area contributed by atoms with E-state index in [9.17, 15) is 24.3 Å². The first-order valence-electron chi connectivity index (χ1n) is 10.2. The molecule has 0 aliphatic carbocycles. The van der Waals surface area contributed by atoms with E-state index in [0.717, 1.165) is 20.8 Å². The number of H-pyrrole nitrogens is 2. The minimum atomic E-state index is -1.49. The van der Waals surface area contributed by atoms with Crippen LogP contribution in [0.15, 0.2) is 36.7 Å². The molecule has 33 heavy (non-hydrogen) atoms. The Hall–Kier alpha value is -3.60. The molecule has 0 unspecified atom stereocenters. The molecule has 180 valence electrons. The maximum atomic E-state index is 12.1. The van der Waals surface area contributed by atoms with Crippen molar-refractivity contribution in [3.63, 3.8) is 0 Å². The molecule has 2 aromatic rings. The number of nitrogens with one attached hydrogen (secondary N) is 2. The molecule has 0 saturated carbocycles. The molecular formula is C22H28N2O9. The Bertz CT molecular complexity index is 890. The van der Waals surface area contributed by atoms with Crippen molar-refractivity contribution in [2.24, 2.45) is 0 Å².